The molecule has 5 nitrogen and oxygen atoms in total. The normalized spacial score (nSPS) is 12.6. The maximum absolute atomic E-state index is 10.7. The molecule has 1 unspecified atom stereocenters. The minimum Gasteiger partial charge on any atom is -0.382 e. The Morgan fingerprint density at radius 1 is 1.44 bits per heavy atom. The number of benzene rings is 1. The summed E-state index contributed by atoms with van der Waals surface area (Å²) in [5, 5.41) is 22.9. The molecule has 0 heterocycles. The molecule has 0 aliphatic heterocycles. The van der Waals surface area contributed by atoms with Crippen molar-refractivity contribution in [2.75, 3.05) is 5.32 Å². The molecule has 0 bridgehead atoms. The van der Waals surface area contributed by atoms with Crippen LogP contribution in [-0.4, -0.2) is 11.0 Å². The van der Waals surface area contributed by atoms with Crippen LogP contribution in [0.3, 0.4) is 0 Å². The first kappa shape index (κ1) is 14.0. The van der Waals surface area contributed by atoms with Crippen molar-refractivity contribution in [2.24, 2.45) is 5.41 Å². The Kier molecular flexibility index (Phi) is 3.92. The number of nitrogens with one attached hydrogen (secondary N) is 1. The smallest absolute Gasteiger partial charge is 0.287 e. The van der Waals surface area contributed by atoms with E-state index in [1.165, 1.54) is 12.1 Å². The molecule has 1 aromatic carbocycles. The van der Waals surface area contributed by atoms with E-state index in [0.29, 0.717) is 0 Å². The maximum atomic E-state index is 10.7. The van der Waals surface area contributed by atoms with E-state index < -0.39 is 4.92 Å². The second-order valence-electron chi connectivity index (χ2n) is 5.33. The van der Waals surface area contributed by atoms with Crippen LogP contribution in [0.15, 0.2) is 18.2 Å². The van der Waals surface area contributed by atoms with Crippen LogP contribution in [0.5, 0.6) is 0 Å². The summed E-state index contributed by atoms with van der Waals surface area (Å²) in [4.78, 5) is 10.2. The van der Waals surface area contributed by atoms with Gasteiger partial charge in [-0.1, -0.05) is 20.8 Å². The zero-order valence-corrected chi connectivity index (χ0v) is 11.0. The van der Waals surface area contributed by atoms with Crippen LogP contribution < -0.4 is 5.32 Å². The highest BCUT2D eigenvalue weighted by molar-refractivity contribution is 5.59. The number of hydrogen-bond acceptors (Lipinski definition) is 4. The van der Waals surface area contributed by atoms with Crippen molar-refractivity contribution in [3.05, 3.63) is 33.9 Å². The van der Waals surface area contributed by atoms with Gasteiger partial charge in [-0.3, -0.25) is 10.1 Å². The molecule has 1 atom stereocenters. The molecule has 0 radical (unpaired) electrons. The molecule has 96 valence electrons. The molecule has 18 heavy (non-hydrogen) atoms. The second kappa shape index (κ2) is 5.05. The average Bonchev–Trinajstić information content (AvgIpc) is 2.27. The third-order valence-electron chi connectivity index (χ3n) is 3.00. The van der Waals surface area contributed by atoms with Crippen LogP contribution in [0.1, 0.15) is 33.3 Å². The zero-order chi connectivity index (χ0) is 13.9. The van der Waals surface area contributed by atoms with Crippen molar-refractivity contribution in [1.82, 2.24) is 0 Å². The summed E-state index contributed by atoms with van der Waals surface area (Å²) in [6, 6.07) is 6.53. The number of nitro benzene ring substituents is 1. The van der Waals surface area contributed by atoms with Crippen molar-refractivity contribution in [2.45, 2.75) is 33.7 Å². The fourth-order valence-electron chi connectivity index (χ4n) is 1.34. The van der Waals surface area contributed by atoms with Gasteiger partial charge in [0, 0.05) is 17.8 Å². The summed E-state index contributed by atoms with van der Waals surface area (Å²) in [6.07, 6.45) is 0. The number of hydrogen-bond donors (Lipinski definition) is 1. The maximum Gasteiger partial charge on any atom is 0.287 e. The monoisotopic (exact) mass is 247 g/mol. The van der Waals surface area contributed by atoms with Crippen LogP contribution in [0, 0.1) is 26.9 Å². The summed E-state index contributed by atoms with van der Waals surface area (Å²) in [6.45, 7) is 8.33. The van der Waals surface area contributed by atoms with E-state index in [0.717, 1.165) is 5.69 Å². The van der Waals surface area contributed by atoms with Gasteiger partial charge in [0.1, 0.15) is 11.6 Å². The molecule has 0 spiro atoms. The van der Waals surface area contributed by atoms with Crippen molar-refractivity contribution in [3.63, 3.8) is 0 Å². The molecular formula is C13H17N3O2. The highest BCUT2D eigenvalue weighted by Crippen LogP contribution is 2.26. The molecule has 0 saturated carbocycles. The minimum atomic E-state index is -0.546. The lowest BCUT2D eigenvalue weighted by atomic mass is 9.88. The van der Waals surface area contributed by atoms with Gasteiger partial charge in [0.2, 0.25) is 0 Å². The minimum absolute atomic E-state index is 0.0641. The van der Waals surface area contributed by atoms with E-state index in [9.17, 15) is 10.1 Å². The molecule has 1 aromatic rings. The fourth-order valence-corrected chi connectivity index (χ4v) is 1.34. The highest BCUT2D eigenvalue weighted by Gasteiger charge is 2.21. The molecule has 0 aromatic heterocycles. The van der Waals surface area contributed by atoms with Crippen molar-refractivity contribution < 1.29 is 4.92 Å². The first-order chi connectivity index (χ1) is 8.25. The average molecular weight is 247 g/mol. The Bertz CT molecular complexity index is 498. The molecule has 0 aliphatic carbocycles. The van der Waals surface area contributed by atoms with E-state index >= 15 is 0 Å². The Hall–Kier alpha value is -2.09. The number of nitro groups is 1. The molecule has 0 fully saturated rings. The first-order valence-corrected chi connectivity index (χ1v) is 5.71. The lowest BCUT2D eigenvalue weighted by molar-refractivity contribution is -0.385. The predicted octanol–water partition coefficient (Wildman–Crippen LogP) is 3.31. The van der Waals surface area contributed by atoms with Crippen molar-refractivity contribution in [1.29, 1.82) is 5.26 Å². The van der Waals surface area contributed by atoms with Crippen LogP contribution in [0.4, 0.5) is 11.4 Å². The lowest BCUT2D eigenvalue weighted by Crippen LogP contribution is -2.30. The number of nitrogens with zero attached hydrogens (tertiary/aromatic N) is 2. The molecular weight excluding hydrogens is 230 g/mol. The van der Waals surface area contributed by atoms with Crippen LogP contribution in [-0.2, 0) is 0 Å². The first-order valence-electron chi connectivity index (χ1n) is 5.71. The largest absolute Gasteiger partial charge is 0.382 e. The number of nitriles is 1. The number of anilines is 1. The Morgan fingerprint density at radius 2 is 2.06 bits per heavy atom. The predicted molar refractivity (Wildman–Crippen MR) is 70.4 cm³/mol. The van der Waals surface area contributed by atoms with Crippen LogP contribution in [0.2, 0.25) is 0 Å². The van der Waals surface area contributed by atoms with Gasteiger partial charge in [0.15, 0.2) is 0 Å². The van der Waals surface area contributed by atoms with E-state index in [1.807, 2.05) is 13.0 Å². The Labute approximate surface area is 107 Å². The Morgan fingerprint density at radius 3 is 2.50 bits per heavy atom. The molecule has 1 N–H and O–H groups in total. The van der Waals surface area contributed by atoms with Gasteiger partial charge in [-0.05, 0) is 24.5 Å². The van der Waals surface area contributed by atoms with Gasteiger partial charge >= 0.3 is 0 Å². The van der Waals surface area contributed by atoms with Crippen LogP contribution in [0.25, 0.3) is 0 Å². The van der Waals surface area contributed by atoms with Gasteiger partial charge in [-0.15, -0.1) is 0 Å². The third-order valence-corrected chi connectivity index (χ3v) is 3.00. The number of rotatable bonds is 3. The molecule has 0 amide bonds. The van der Waals surface area contributed by atoms with E-state index in [1.54, 1.807) is 6.07 Å². The molecule has 0 saturated heterocycles. The van der Waals surface area contributed by atoms with E-state index in [4.69, 9.17) is 5.26 Å². The lowest BCUT2D eigenvalue weighted by Gasteiger charge is -2.29. The molecule has 1 rings (SSSR count). The standard InChI is InChI=1S/C13H17N3O2/c1-9(13(2,3)4)15-11-5-6-12(16(17)18)10(7-11)8-14/h5-7,9,15H,1-4H3. The van der Waals surface area contributed by atoms with Gasteiger partial charge in [0.25, 0.3) is 5.69 Å². The van der Waals surface area contributed by atoms with Crippen LogP contribution >= 0.6 is 0 Å². The summed E-state index contributed by atoms with van der Waals surface area (Å²) in [5.74, 6) is 0. The van der Waals surface area contributed by atoms with Gasteiger partial charge in [-0.25, -0.2) is 0 Å². The molecule has 0 aliphatic rings. The summed E-state index contributed by atoms with van der Waals surface area (Å²) >= 11 is 0. The molecule has 5 heteroatoms. The topological polar surface area (TPSA) is 79.0 Å². The van der Waals surface area contributed by atoms with E-state index in [2.05, 4.69) is 26.1 Å². The summed E-state index contributed by atoms with van der Waals surface area (Å²) in [5.41, 5.74) is 0.700. The SMILES string of the molecule is CC(Nc1ccc([N+](=O)[O-])c(C#N)c1)C(C)(C)C. The summed E-state index contributed by atoms with van der Waals surface area (Å²) in [7, 11) is 0. The van der Waals surface area contributed by atoms with Gasteiger partial charge in [-0.2, -0.15) is 5.26 Å². The zero-order valence-electron chi connectivity index (χ0n) is 11.0. The van der Waals surface area contributed by atoms with Crippen molar-refractivity contribution >= 4 is 11.4 Å². The third kappa shape index (κ3) is 3.20. The van der Waals surface area contributed by atoms with E-state index in [-0.39, 0.29) is 22.7 Å². The second-order valence-corrected chi connectivity index (χ2v) is 5.33. The van der Waals surface area contributed by atoms with Gasteiger partial charge < -0.3 is 5.32 Å². The fraction of sp³-hybridized carbons (Fsp3) is 0.462. The Balaban J connectivity index is 3.01. The quantitative estimate of drug-likeness (QED) is 0.656. The van der Waals surface area contributed by atoms with Crippen molar-refractivity contribution in [3.8, 4) is 6.07 Å². The summed E-state index contributed by atoms with van der Waals surface area (Å²) < 4.78 is 0. The van der Waals surface area contributed by atoms with Gasteiger partial charge in [0.05, 0.1) is 4.92 Å². The highest BCUT2D eigenvalue weighted by atomic mass is 16.6.